The molecule has 5 heteroatoms. The maximum atomic E-state index is 12.6. The van der Waals surface area contributed by atoms with Crippen LogP contribution in [0.1, 0.15) is 42.3 Å². The van der Waals surface area contributed by atoms with Crippen molar-refractivity contribution in [3.05, 3.63) is 65.2 Å². The summed E-state index contributed by atoms with van der Waals surface area (Å²) >= 11 is 0. The highest BCUT2D eigenvalue weighted by atomic mass is 16.5. The summed E-state index contributed by atoms with van der Waals surface area (Å²) in [7, 11) is 0. The number of aryl methyl sites for hydroxylation is 1. The predicted octanol–water partition coefficient (Wildman–Crippen LogP) is 3.46. The first-order chi connectivity index (χ1) is 12.9. The molecule has 0 heterocycles. The van der Waals surface area contributed by atoms with E-state index in [1.54, 1.807) is 24.3 Å². The van der Waals surface area contributed by atoms with E-state index >= 15 is 0 Å². The minimum absolute atomic E-state index is 0.0327. The molecule has 2 aromatic carbocycles. The van der Waals surface area contributed by atoms with Crippen molar-refractivity contribution in [2.45, 2.75) is 40.3 Å². The lowest BCUT2D eigenvalue weighted by Gasteiger charge is -2.22. The van der Waals surface area contributed by atoms with Gasteiger partial charge in [-0.25, -0.2) is 0 Å². The summed E-state index contributed by atoms with van der Waals surface area (Å²) in [6, 6.07) is 14.3. The van der Waals surface area contributed by atoms with Gasteiger partial charge < -0.3 is 15.4 Å². The highest BCUT2D eigenvalue weighted by Gasteiger charge is 2.24. The van der Waals surface area contributed by atoms with Crippen molar-refractivity contribution in [3.8, 4) is 5.75 Å². The van der Waals surface area contributed by atoms with Gasteiger partial charge in [-0.2, -0.15) is 0 Å². The van der Waals surface area contributed by atoms with Crippen LogP contribution in [-0.2, 0) is 11.3 Å². The molecule has 1 unspecified atom stereocenters. The van der Waals surface area contributed by atoms with Gasteiger partial charge in [0, 0.05) is 12.1 Å². The van der Waals surface area contributed by atoms with E-state index in [2.05, 4.69) is 10.6 Å². The zero-order valence-corrected chi connectivity index (χ0v) is 16.4. The van der Waals surface area contributed by atoms with Gasteiger partial charge in [0.15, 0.2) is 0 Å². The van der Waals surface area contributed by atoms with Crippen molar-refractivity contribution in [2.24, 2.45) is 5.92 Å². The molecule has 0 aliphatic heterocycles. The molecule has 0 bridgehead atoms. The monoisotopic (exact) mass is 368 g/mol. The van der Waals surface area contributed by atoms with Crippen LogP contribution in [0.25, 0.3) is 0 Å². The average molecular weight is 368 g/mol. The fourth-order valence-corrected chi connectivity index (χ4v) is 2.63. The van der Waals surface area contributed by atoms with Crippen LogP contribution in [0.4, 0.5) is 0 Å². The highest BCUT2D eigenvalue weighted by Crippen LogP contribution is 2.13. The van der Waals surface area contributed by atoms with Crippen LogP contribution in [0.15, 0.2) is 48.5 Å². The molecule has 5 nitrogen and oxygen atoms in total. The molecular weight excluding hydrogens is 340 g/mol. The summed E-state index contributed by atoms with van der Waals surface area (Å²) in [6.07, 6.45) is 0. The molecule has 0 saturated heterocycles. The third kappa shape index (κ3) is 6.13. The van der Waals surface area contributed by atoms with E-state index in [0.29, 0.717) is 24.5 Å². The Hall–Kier alpha value is -2.82. The number of ether oxygens (including phenoxy) is 1. The molecule has 0 fully saturated rings. The maximum Gasteiger partial charge on any atom is 0.251 e. The van der Waals surface area contributed by atoms with Gasteiger partial charge in [-0.3, -0.25) is 9.59 Å². The summed E-state index contributed by atoms with van der Waals surface area (Å²) < 4.78 is 5.38. The van der Waals surface area contributed by atoms with Crippen LogP contribution >= 0.6 is 0 Å². The molecule has 1 atom stereocenters. The van der Waals surface area contributed by atoms with Gasteiger partial charge >= 0.3 is 0 Å². The second-order valence-corrected chi connectivity index (χ2v) is 6.86. The minimum atomic E-state index is -0.602. The Bertz CT molecular complexity index is 752. The first-order valence-electron chi connectivity index (χ1n) is 9.27. The van der Waals surface area contributed by atoms with E-state index in [4.69, 9.17) is 4.74 Å². The number of hydrogen-bond donors (Lipinski definition) is 2. The van der Waals surface area contributed by atoms with Crippen LogP contribution in [0, 0.1) is 12.8 Å². The lowest BCUT2D eigenvalue weighted by atomic mass is 10.0. The molecule has 2 amide bonds. The SMILES string of the molecule is CCOc1ccc(C(=O)NC(C(=O)NCc2ccc(C)cc2)C(C)C)cc1. The Labute approximate surface area is 161 Å². The molecule has 0 aromatic heterocycles. The van der Waals surface area contributed by atoms with Gasteiger partial charge in [-0.05, 0) is 49.6 Å². The van der Waals surface area contributed by atoms with Crippen LogP contribution in [0.3, 0.4) is 0 Å². The molecule has 0 radical (unpaired) electrons. The molecule has 0 aliphatic rings. The normalized spacial score (nSPS) is 11.7. The lowest BCUT2D eigenvalue weighted by molar-refractivity contribution is -0.124. The van der Waals surface area contributed by atoms with Crippen LogP contribution < -0.4 is 15.4 Å². The Morgan fingerprint density at radius 2 is 1.63 bits per heavy atom. The largest absolute Gasteiger partial charge is 0.494 e. The molecule has 0 saturated carbocycles. The van der Waals surface area contributed by atoms with Crippen molar-refractivity contribution in [2.75, 3.05) is 6.61 Å². The van der Waals surface area contributed by atoms with E-state index in [1.165, 1.54) is 5.56 Å². The summed E-state index contributed by atoms with van der Waals surface area (Å²) in [5.41, 5.74) is 2.69. The molecule has 27 heavy (non-hydrogen) atoms. The van der Waals surface area contributed by atoms with Gasteiger partial charge in [0.2, 0.25) is 5.91 Å². The first kappa shape index (κ1) is 20.5. The van der Waals surface area contributed by atoms with E-state index in [0.717, 1.165) is 5.56 Å². The number of carbonyl (C=O) groups excluding carboxylic acids is 2. The molecule has 2 rings (SSSR count). The van der Waals surface area contributed by atoms with E-state index in [9.17, 15) is 9.59 Å². The number of nitrogens with one attached hydrogen (secondary N) is 2. The maximum absolute atomic E-state index is 12.6. The fourth-order valence-electron chi connectivity index (χ4n) is 2.63. The molecule has 2 aromatic rings. The van der Waals surface area contributed by atoms with Crippen molar-refractivity contribution in [3.63, 3.8) is 0 Å². The quantitative estimate of drug-likeness (QED) is 0.750. The summed E-state index contributed by atoms with van der Waals surface area (Å²) in [5.74, 6) is 0.215. The standard InChI is InChI=1S/C22H28N2O3/c1-5-27-19-12-10-18(11-13-19)21(25)24-20(15(2)3)22(26)23-14-17-8-6-16(4)7-9-17/h6-13,15,20H,5,14H2,1-4H3,(H,23,26)(H,24,25). The zero-order chi connectivity index (χ0) is 19.8. The Kier molecular flexibility index (Phi) is 7.41. The topological polar surface area (TPSA) is 67.4 Å². The van der Waals surface area contributed by atoms with Gasteiger partial charge in [-0.1, -0.05) is 43.7 Å². The van der Waals surface area contributed by atoms with E-state index in [1.807, 2.05) is 52.0 Å². The van der Waals surface area contributed by atoms with Gasteiger partial charge in [-0.15, -0.1) is 0 Å². The van der Waals surface area contributed by atoms with Gasteiger partial charge in [0.05, 0.1) is 6.61 Å². The third-order valence-electron chi connectivity index (χ3n) is 4.25. The van der Waals surface area contributed by atoms with Gasteiger partial charge in [0.1, 0.15) is 11.8 Å². The second-order valence-electron chi connectivity index (χ2n) is 6.86. The number of rotatable bonds is 8. The molecule has 144 valence electrons. The molecule has 2 N–H and O–H groups in total. The van der Waals surface area contributed by atoms with Crippen molar-refractivity contribution < 1.29 is 14.3 Å². The van der Waals surface area contributed by atoms with Crippen LogP contribution in [-0.4, -0.2) is 24.5 Å². The van der Waals surface area contributed by atoms with E-state index in [-0.39, 0.29) is 17.7 Å². The fraction of sp³-hybridized carbons (Fsp3) is 0.364. The lowest BCUT2D eigenvalue weighted by Crippen LogP contribution is -2.49. The predicted molar refractivity (Wildman–Crippen MR) is 107 cm³/mol. The highest BCUT2D eigenvalue weighted by molar-refractivity contribution is 5.97. The molecule has 0 spiro atoms. The van der Waals surface area contributed by atoms with Crippen LogP contribution in [0.5, 0.6) is 5.75 Å². The minimum Gasteiger partial charge on any atom is -0.494 e. The van der Waals surface area contributed by atoms with Gasteiger partial charge in [0.25, 0.3) is 5.91 Å². The number of amides is 2. The Balaban J connectivity index is 1.97. The summed E-state index contributed by atoms with van der Waals surface area (Å²) in [4.78, 5) is 25.1. The smallest absolute Gasteiger partial charge is 0.251 e. The van der Waals surface area contributed by atoms with Crippen LogP contribution in [0.2, 0.25) is 0 Å². The number of carbonyl (C=O) groups is 2. The number of hydrogen-bond acceptors (Lipinski definition) is 3. The average Bonchev–Trinajstić information content (AvgIpc) is 2.66. The summed E-state index contributed by atoms with van der Waals surface area (Å²) in [6.45, 7) is 8.75. The third-order valence-corrected chi connectivity index (χ3v) is 4.25. The van der Waals surface area contributed by atoms with Crippen molar-refractivity contribution in [1.29, 1.82) is 0 Å². The first-order valence-corrected chi connectivity index (χ1v) is 9.27. The Morgan fingerprint density at radius 1 is 1.00 bits per heavy atom. The molecular formula is C22H28N2O3. The van der Waals surface area contributed by atoms with E-state index < -0.39 is 6.04 Å². The molecule has 0 aliphatic carbocycles. The second kappa shape index (κ2) is 9.76. The zero-order valence-electron chi connectivity index (χ0n) is 16.4. The van der Waals surface area contributed by atoms with Crippen molar-refractivity contribution in [1.82, 2.24) is 10.6 Å². The number of benzene rings is 2. The Morgan fingerprint density at radius 3 is 2.19 bits per heavy atom. The van der Waals surface area contributed by atoms with Crippen molar-refractivity contribution >= 4 is 11.8 Å². The summed E-state index contributed by atoms with van der Waals surface area (Å²) in [5, 5.41) is 5.75.